The standard InChI is InChI=1S/C15H14BrF2NOS/c1-7-4-11(9(3)21-7)8(2)19-15(20)14-12(17)5-10(16)6-13(14)18/h4-6,8H,1-3H3,(H,19,20). The second-order valence-corrected chi connectivity index (χ2v) is 7.18. The van der Waals surface area contributed by atoms with Gasteiger partial charge in [0, 0.05) is 14.2 Å². The number of hydrogen-bond acceptors (Lipinski definition) is 2. The molecule has 0 aliphatic rings. The molecule has 112 valence electrons. The highest BCUT2D eigenvalue weighted by atomic mass is 79.9. The van der Waals surface area contributed by atoms with Gasteiger partial charge in [-0.05, 0) is 44.5 Å². The van der Waals surface area contributed by atoms with Crippen LogP contribution in [0.1, 0.15) is 38.6 Å². The fraction of sp³-hybridized carbons (Fsp3) is 0.267. The Kier molecular flexibility index (Phi) is 4.78. The molecule has 1 aromatic carbocycles. The number of benzene rings is 1. The van der Waals surface area contributed by atoms with Gasteiger partial charge in [0.15, 0.2) is 0 Å². The molecular weight excluding hydrogens is 360 g/mol. The van der Waals surface area contributed by atoms with E-state index < -0.39 is 23.1 Å². The van der Waals surface area contributed by atoms with Crippen molar-refractivity contribution < 1.29 is 13.6 Å². The first-order valence-corrected chi connectivity index (χ1v) is 7.93. The lowest BCUT2D eigenvalue weighted by molar-refractivity contribution is 0.0931. The molecule has 0 saturated heterocycles. The number of thiophene rings is 1. The van der Waals surface area contributed by atoms with E-state index in [9.17, 15) is 13.6 Å². The van der Waals surface area contributed by atoms with Gasteiger partial charge in [-0.15, -0.1) is 11.3 Å². The molecule has 0 aliphatic carbocycles. The fourth-order valence-corrected chi connectivity index (χ4v) is 3.61. The van der Waals surface area contributed by atoms with E-state index in [1.165, 1.54) is 0 Å². The van der Waals surface area contributed by atoms with Crippen LogP contribution in [0.2, 0.25) is 0 Å². The minimum absolute atomic E-state index is 0.256. The van der Waals surface area contributed by atoms with Gasteiger partial charge in [-0.2, -0.15) is 0 Å². The van der Waals surface area contributed by atoms with Crippen LogP contribution in [0.25, 0.3) is 0 Å². The monoisotopic (exact) mass is 373 g/mol. The van der Waals surface area contributed by atoms with Gasteiger partial charge in [-0.25, -0.2) is 8.78 Å². The lowest BCUT2D eigenvalue weighted by Crippen LogP contribution is -2.28. The largest absolute Gasteiger partial charge is 0.345 e. The molecule has 2 nitrogen and oxygen atoms in total. The van der Waals surface area contributed by atoms with E-state index in [1.54, 1.807) is 18.3 Å². The van der Waals surface area contributed by atoms with Crippen molar-refractivity contribution in [2.45, 2.75) is 26.8 Å². The molecule has 2 aromatic rings. The lowest BCUT2D eigenvalue weighted by atomic mass is 10.1. The number of amides is 1. The topological polar surface area (TPSA) is 29.1 Å². The first-order chi connectivity index (χ1) is 9.79. The molecular formula is C15H14BrF2NOS. The first-order valence-electron chi connectivity index (χ1n) is 6.32. The zero-order chi connectivity index (χ0) is 15.7. The van der Waals surface area contributed by atoms with Crippen molar-refractivity contribution in [3.8, 4) is 0 Å². The van der Waals surface area contributed by atoms with Gasteiger partial charge in [0.2, 0.25) is 0 Å². The van der Waals surface area contributed by atoms with E-state index in [-0.39, 0.29) is 10.5 Å². The fourth-order valence-electron chi connectivity index (χ4n) is 2.19. The smallest absolute Gasteiger partial charge is 0.257 e. The van der Waals surface area contributed by atoms with Crippen molar-refractivity contribution in [3.05, 3.63) is 55.2 Å². The average molecular weight is 374 g/mol. The van der Waals surface area contributed by atoms with Crippen LogP contribution in [-0.4, -0.2) is 5.91 Å². The van der Waals surface area contributed by atoms with Gasteiger partial charge < -0.3 is 5.32 Å². The molecule has 1 atom stereocenters. The molecule has 21 heavy (non-hydrogen) atoms. The second-order valence-electron chi connectivity index (χ2n) is 4.81. The molecule has 1 aromatic heterocycles. The molecule has 2 rings (SSSR count). The van der Waals surface area contributed by atoms with Gasteiger partial charge >= 0.3 is 0 Å². The number of halogens is 3. The van der Waals surface area contributed by atoms with Gasteiger partial charge in [0.1, 0.15) is 17.2 Å². The third-order valence-corrected chi connectivity index (χ3v) is 4.57. The number of aryl methyl sites for hydroxylation is 2. The second kappa shape index (κ2) is 6.23. The maximum atomic E-state index is 13.8. The summed E-state index contributed by atoms with van der Waals surface area (Å²) in [5.74, 6) is -2.53. The third kappa shape index (κ3) is 3.49. The molecule has 1 unspecified atom stereocenters. The van der Waals surface area contributed by atoms with Crippen LogP contribution in [0.5, 0.6) is 0 Å². The Morgan fingerprint density at radius 2 is 1.81 bits per heavy atom. The van der Waals surface area contributed by atoms with Crippen LogP contribution in [0, 0.1) is 25.5 Å². The Balaban J connectivity index is 2.24. The van der Waals surface area contributed by atoms with E-state index in [1.807, 2.05) is 19.9 Å². The molecule has 0 aliphatic heterocycles. The normalized spacial score (nSPS) is 12.3. The zero-order valence-electron chi connectivity index (χ0n) is 11.8. The summed E-state index contributed by atoms with van der Waals surface area (Å²) < 4.78 is 27.8. The lowest BCUT2D eigenvalue weighted by Gasteiger charge is -2.15. The summed E-state index contributed by atoms with van der Waals surface area (Å²) in [4.78, 5) is 14.3. The maximum Gasteiger partial charge on any atom is 0.257 e. The van der Waals surface area contributed by atoms with E-state index in [2.05, 4.69) is 21.2 Å². The summed E-state index contributed by atoms with van der Waals surface area (Å²) in [5, 5.41) is 2.64. The van der Waals surface area contributed by atoms with Gasteiger partial charge in [-0.1, -0.05) is 15.9 Å². The Morgan fingerprint density at radius 3 is 2.29 bits per heavy atom. The Hall–Kier alpha value is -1.27. The summed E-state index contributed by atoms with van der Waals surface area (Å²) in [6.45, 7) is 5.72. The predicted molar refractivity (Wildman–Crippen MR) is 83.7 cm³/mol. The van der Waals surface area contributed by atoms with Crippen LogP contribution < -0.4 is 5.32 Å². The number of carbonyl (C=O) groups excluding carboxylic acids is 1. The SMILES string of the molecule is Cc1cc(C(C)NC(=O)c2c(F)cc(Br)cc2F)c(C)s1. The number of rotatable bonds is 3. The predicted octanol–water partition coefficient (Wildman–Crippen LogP) is 4.90. The number of nitrogens with one attached hydrogen (secondary N) is 1. The molecule has 1 amide bonds. The van der Waals surface area contributed by atoms with Crippen LogP contribution in [-0.2, 0) is 0 Å². The van der Waals surface area contributed by atoms with Gasteiger partial charge in [0.25, 0.3) is 5.91 Å². The molecule has 6 heteroatoms. The Morgan fingerprint density at radius 1 is 1.24 bits per heavy atom. The molecule has 0 bridgehead atoms. The van der Waals surface area contributed by atoms with Crippen molar-refractivity contribution in [1.29, 1.82) is 0 Å². The maximum absolute atomic E-state index is 13.8. The van der Waals surface area contributed by atoms with E-state index in [0.717, 1.165) is 27.5 Å². The first kappa shape index (κ1) is 16.1. The van der Waals surface area contributed by atoms with Gasteiger partial charge in [-0.3, -0.25) is 4.79 Å². The summed E-state index contributed by atoms with van der Waals surface area (Å²) in [7, 11) is 0. The molecule has 1 heterocycles. The van der Waals surface area contributed by atoms with Crippen LogP contribution in [0.4, 0.5) is 8.78 Å². The molecule has 0 spiro atoms. The van der Waals surface area contributed by atoms with Gasteiger partial charge in [0.05, 0.1) is 6.04 Å². The Labute approximate surface area is 134 Å². The highest BCUT2D eigenvalue weighted by Gasteiger charge is 2.21. The summed E-state index contributed by atoms with van der Waals surface area (Å²) >= 11 is 4.61. The van der Waals surface area contributed by atoms with E-state index in [4.69, 9.17) is 0 Å². The van der Waals surface area contributed by atoms with Crippen LogP contribution in [0.3, 0.4) is 0 Å². The van der Waals surface area contributed by atoms with E-state index in [0.29, 0.717) is 0 Å². The summed E-state index contributed by atoms with van der Waals surface area (Å²) in [6.07, 6.45) is 0. The summed E-state index contributed by atoms with van der Waals surface area (Å²) in [6, 6.07) is 3.80. The quantitative estimate of drug-likeness (QED) is 0.814. The van der Waals surface area contributed by atoms with Crippen molar-refractivity contribution in [2.24, 2.45) is 0 Å². The van der Waals surface area contributed by atoms with Crippen molar-refractivity contribution in [3.63, 3.8) is 0 Å². The van der Waals surface area contributed by atoms with E-state index >= 15 is 0 Å². The van der Waals surface area contributed by atoms with Crippen molar-refractivity contribution in [1.82, 2.24) is 5.32 Å². The summed E-state index contributed by atoms with van der Waals surface area (Å²) in [5.41, 5.74) is 0.401. The third-order valence-electron chi connectivity index (χ3n) is 3.13. The highest BCUT2D eigenvalue weighted by molar-refractivity contribution is 9.10. The molecule has 1 N–H and O–H groups in total. The minimum Gasteiger partial charge on any atom is -0.345 e. The van der Waals surface area contributed by atoms with Crippen LogP contribution in [0.15, 0.2) is 22.7 Å². The number of hydrogen-bond donors (Lipinski definition) is 1. The Bertz CT molecular complexity index is 676. The minimum atomic E-state index is -0.884. The average Bonchev–Trinajstić information content (AvgIpc) is 2.66. The van der Waals surface area contributed by atoms with Crippen molar-refractivity contribution in [2.75, 3.05) is 0 Å². The highest BCUT2D eigenvalue weighted by Crippen LogP contribution is 2.27. The molecule has 0 radical (unpaired) electrons. The molecule has 0 fully saturated rings. The van der Waals surface area contributed by atoms with Crippen molar-refractivity contribution >= 4 is 33.2 Å². The van der Waals surface area contributed by atoms with Crippen LogP contribution >= 0.6 is 27.3 Å². The number of carbonyl (C=O) groups is 1. The molecule has 0 saturated carbocycles. The zero-order valence-corrected chi connectivity index (χ0v) is 14.2.